The zero-order valence-electron chi connectivity index (χ0n) is 17.5. The molecule has 0 saturated carbocycles. The molecule has 30 heavy (non-hydrogen) atoms. The van der Waals surface area contributed by atoms with E-state index in [2.05, 4.69) is 36.6 Å². The molecule has 1 aromatic heterocycles. The Morgan fingerprint density at radius 1 is 1.10 bits per heavy atom. The molecule has 1 amide bonds. The molecule has 0 bridgehead atoms. The van der Waals surface area contributed by atoms with E-state index in [1.165, 1.54) is 0 Å². The molecule has 1 fully saturated rings. The van der Waals surface area contributed by atoms with Gasteiger partial charge in [-0.2, -0.15) is 0 Å². The average molecular weight is 405 g/mol. The number of ether oxygens (including phenoxy) is 2. The number of hydrogen-bond donors (Lipinski definition) is 0. The molecule has 5 rings (SSSR count). The lowest BCUT2D eigenvalue weighted by molar-refractivity contribution is -0.117. The first-order valence-electron chi connectivity index (χ1n) is 10.8. The highest BCUT2D eigenvalue weighted by Gasteiger charge is 2.35. The van der Waals surface area contributed by atoms with Crippen molar-refractivity contribution in [1.29, 1.82) is 0 Å². The van der Waals surface area contributed by atoms with E-state index in [0.29, 0.717) is 37.8 Å². The van der Waals surface area contributed by atoms with Gasteiger partial charge >= 0.3 is 0 Å². The summed E-state index contributed by atoms with van der Waals surface area (Å²) in [7, 11) is 0. The molecule has 2 aliphatic rings. The second kappa shape index (κ2) is 7.67. The highest BCUT2D eigenvalue weighted by molar-refractivity contribution is 5.96. The Hall–Kier alpha value is -3.02. The summed E-state index contributed by atoms with van der Waals surface area (Å²) in [5.41, 5.74) is 3.01. The molecule has 0 N–H and O–H groups in total. The number of hydrogen-bond acceptors (Lipinski definition) is 4. The van der Waals surface area contributed by atoms with Crippen molar-refractivity contribution in [1.82, 2.24) is 9.55 Å². The van der Waals surface area contributed by atoms with E-state index in [1.807, 2.05) is 29.2 Å². The molecule has 3 aromatic rings. The number of imidazole rings is 1. The number of rotatable bonds is 5. The van der Waals surface area contributed by atoms with Crippen LogP contribution < -0.4 is 14.4 Å². The highest BCUT2D eigenvalue weighted by atomic mass is 16.6. The molecule has 2 aliphatic heterocycles. The summed E-state index contributed by atoms with van der Waals surface area (Å²) in [6.45, 7) is 7.12. The summed E-state index contributed by atoms with van der Waals surface area (Å²) in [4.78, 5) is 19.7. The molecule has 0 aliphatic carbocycles. The number of carbonyl (C=O) groups excluding carboxylic acids is 1. The molecule has 3 heterocycles. The van der Waals surface area contributed by atoms with Crippen molar-refractivity contribution in [2.45, 2.75) is 39.2 Å². The van der Waals surface area contributed by atoms with Crippen LogP contribution >= 0.6 is 0 Å². The summed E-state index contributed by atoms with van der Waals surface area (Å²) in [6.07, 6.45) is 1.55. The van der Waals surface area contributed by atoms with Crippen LogP contribution in [0.1, 0.15) is 38.4 Å². The SMILES string of the molecule is CC(C)CCn1c(C2CC(=O)N(c3ccc4c(c3)OCCO4)C2)nc2ccccc21. The number of nitrogens with zero attached hydrogens (tertiary/aromatic N) is 3. The number of carbonyl (C=O) groups is 1. The van der Waals surface area contributed by atoms with Gasteiger partial charge in [0.2, 0.25) is 5.91 Å². The minimum absolute atomic E-state index is 0.0743. The summed E-state index contributed by atoms with van der Waals surface area (Å²) < 4.78 is 13.6. The van der Waals surface area contributed by atoms with E-state index >= 15 is 0 Å². The second-order valence-corrected chi connectivity index (χ2v) is 8.53. The first-order valence-corrected chi connectivity index (χ1v) is 10.8. The van der Waals surface area contributed by atoms with Crippen molar-refractivity contribution in [3.63, 3.8) is 0 Å². The molecule has 1 atom stereocenters. The standard InChI is InChI=1S/C24H27N3O3/c1-16(2)9-10-26-20-6-4-3-5-19(20)25-24(26)17-13-23(28)27(15-17)18-7-8-21-22(14-18)30-12-11-29-21/h3-8,14,16-17H,9-13,15H2,1-2H3. The molecule has 2 aromatic carbocycles. The van der Waals surface area contributed by atoms with Gasteiger partial charge in [0, 0.05) is 37.2 Å². The number of anilines is 1. The van der Waals surface area contributed by atoms with Gasteiger partial charge in [0.25, 0.3) is 0 Å². The molecule has 6 heteroatoms. The third-order valence-corrected chi connectivity index (χ3v) is 5.94. The quantitative estimate of drug-likeness (QED) is 0.632. The minimum atomic E-state index is 0.0743. The van der Waals surface area contributed by atoms with Crippen molar-refractivity contribution in [3.05, 3.63) is 48.3 Å². The van der Waals surface area contributed by atoms with Gasteiger partial charge in [-0.3, -0.25) is 4.79 Å². The molecular weight excluding hydrogens is 378 g/mol. The third kappa shape index (κ3) is 3.40. The van der Waals surface area contributed by atoms with Crippen molar-refractivity contribution < 1.29 is 14.3 Å². The van der Waals surface area contributed by atoms with Gasteiger partial charge in [0.1, 0.15) is 19.0 Å². The Morgan fingerprint density at radius 3 is 2.73 bits per heavy atom. The number of aromatic nitrogens is 2. The van der Waals surface area contributed by atoms with Gasteiger partial charge in [0.15, 0.2) is 11.5 Å². The largest absolute Gasteiger partial charge is 0.486 e. The molecule has 6 nitrogen and oxygen atoms in total. The van der Waals surface area contributed by atoms with Crippen molar-refractivity contribution in [3.8, 4) is 11.5 Å². The highest BCUT2D eigenvalue weighted by Crippen LogP contribution is 2.38. The Morgan fingerprint density at radius 2 is 1.90 bits per heavy atom. The van der Waals surface area contributed by atoms with Crippen LogP contribution in [0, 0.1) is 5.92 Å². The lowest BCUT2D eigenvalue weighted by Crippen LogP contribution is -2.25. The summed E-state index contributed by atoms with van der Waals surface area (Å²) in [5.74, 6) is 3.27. The predicted octanol–water partition coefficient (Wildman–Crippen LogP) is 4.37. The fourth-order valence-corrected chi connectivity index (χ4v) is 4.36. The van der Waals surface area contributed by atoms with Gasteiger partial charge < -0.3 is 18.9 Å². The Bertz CT molecular complexity index is 1090. The molecule has 0 spiro atoms. The predicted molar refractivity (Wildman–Crippen MR) is 116 cm³/mol. The molecule has 0 radical (unpaired) electrons. The molecule has 1 saturated heterocycles. The van der Waals surface area contributed by atoms with E-state index in [-0.39, 0.29) is 11.8 Å². The van der Waals surface area contributed by atoms with E-state index in [1.54, 1.807) is 0 Å². The number of benzene rings is 2. The summed E-state index contributed by atoms with van der Waals surface area (Å²) in [5, 5.41) is 0. The molecular formula is C24H27N3O3. The van der Waals surface area contributed by atoms with Gasteiger partial charge in [-0.1, -0.05) is 26.0 Å². The van der Waals surface area contributed by atoms with E-state index in [0.717, 1.165) is 41.3 Å². The number of fused-ring (bicyclic) bond motifs is 2. The lowest BCUT2D eigenvalue weighted by Gasteiger charge is -2.22. The first kappa shape index (κ1) is 19.0. The van der Waals surface area contributed by atoms with Crippen LogP contribution in [0.4, 0.5) is 5.69 Å². The summed E-state index contributed by atoms with van der Waals surface area (Å²) >= 11 is 0. The second-order valence-electron chi connectivity index (χ2n) is 8.53. The van der Waals surface area contributed by atoms with Gasteiger partial charge in [0.05, 0.1) is 11.0 Å². The van der Waals surface area contributed by atoms with E-state index < -0.39 is 0 Å². The third-order valence-electron chi connectivity index (χ3n) is 5.94. The van der Waals surface area contributed by atoms with Crippen LogP contribution in [0.15, 0.2) is 42.5 Å². The van der Waals surface area contributed by atoms with Crippen LogP contribution in [0.25, 0.3) is 11.0 Å². The fraction of sp³-hybridized carbons (Fsp3) is 0.417. The average Bonchev–Trinajstić information content (AvgIpc) is 3.32. The topological polar surface area (TPSA) is 56.6 Å². The van der Waals surface area contributed by atoms with Crippen molar-refractivity contribution >= 4 is 22.6 Å². The van der Waals surface area contributed by atoms with Gasteiger partial charge in [-0.25, -0.2) is 4.98 Å². The maximum atomic E-state index is 12.9. The normalized spacial score (nSPS) is 18.6. The lowest BCUT2D eigenvalue weighted by atomic mass is 10.1. The number of amides is 1. The number of para-hydroxylation sites is 2. The first-order chi connectivity index (χ1) is 14.6. The van der Waals surface area contributed by atoms with E-state index in [9.17, 15) is 4.79 Å². The van der Waals surface area contributed by atoms with Gasteiger partial charge in [-0.15, -0.1) is 0 Å². The Balaban J connectivity index is 1.45. The Kier molecular flexibility index (Phi) is 4.85. The van der Waals surface area contributed by atoms with Crippen LogP contribution in [0.3, 0.4) is 0 Å². The maximum absolute atomic E-state index is 12.9. The zero-order chi connectivity index (χ0) is 20.7. The fourth-order valence-electron chi connectivity index (χ4n) is 4.36. The van der Waals surface area contributed by atoms with Crippen LogP contribution in [-0.2, 0) is 11.3 Å². The smallest absolute Gasteiger partial charge is 0.227 e. The van der Waals surface area contributed by atoms with Crippen molar-refractivity contribution in [2.24, 2.45) is 5.92 Å². The maximum Gasteiger partial charge on any atom is 0.227 e. The van der Waals surface area contributed by atoms with E-state index in [4.69, 9.17) is 14.5 Å². The zero-order valence-corrected chi connectivity index (χ0v) is 17.5. The van der Waals surface area contributed by atoms with Crippen LogP contribution in [0.5, 0.6) is 11.5 Å². The van der Waals surface area contributed by atoms with Crippen LogP contribution in [-0.4, -0.2) is 35.2 Å². The molecule has 156 valence electrons. The Labute approximate surface area is 176 Å². The summed E-state index contributed by atoms with van der Waals surface area (Å²) in [6, 6.07) is 14.0. The van der Waals surface area contributed by atoms with Gasteiger partial charge in [-0.05, 0) is 36.6 Å². The van der Waals surface area contributed by atoms with Crippen LogP contribution in [0.2, 0.25) is 0 Å². The minimum Gasteiger partial charge on any atom is -0.486 e. The van der Waals surface area contributed by atoms with Crippen molar-refractivity contribution in [2.75, 3.05) is 24.7 Å². The molecule has 1 unspecified atom stereocenters. The monoisotopic (exact) mass is 405 g/mol. The number of aryl methyl sites for hydroxylation is 1.